The fraction of sp³-hybridized carbons (Fsp3) is 0.219. The second-order valence-corrected chi connectivity index (χ2v) is 9.27. The van der Waals surface area contributed by atoms with E-state index in [1.807, 2.05) is 42.5 Å². The second kappa shape index (κ2) is 14.2. The molecule has 0 bridgehead atoms. The van der Waals surface area contributed by atoms with E-state index in [0.717, 1.165) is 11.1 Å². The molecule has 0 saturated carbocycles. The summed E-state index contributed by atoms with van der Waals surface area (Å²) >= 11 is 0. The molecule has 0 heterocycles. The SMILES string of the molecule is O=CNc1cc([C@H](O)CNCCc2ccc(OCC(F)(F)c3ccccc3)cc2)ccc1OCc1ccccc1. The van der Waals surface area contributed by atoms with Gasteiger partial charge < -0.3 is 25.2 Å². The first kappa shape index (κ1) is 28.7. The fourth-order valence-electron chi connectivity index (χ4n) is 4.07. The maximum atomic E-state index is 14.3. The van der Waals surface area contributed by atoms with E-state index < -0.39 is 18.6 Å². The van der Waals surface area contributed by atoms with Gasteiger partial charge in [-0.1, -0.05) is 78.9 Å². The largest absolute Gasteiger partial charge is 0.487 e. The number of amides is 1. The van der Waals surface area contributed by atoms with Gasteiger partial charge >= 0.3 is 5.92 Å². The van der Waals surface area contributed by atoms with Crippen LogP contribution in [0.4, 0.5) is 14.5 Å². The molecule has 0 fully saturated rings. The Balaban J connectivity index is 1.22. The highest BCUT2D eigenvalue weighted by molar-refractivity contribution is 5.76. The molecule has 4 aromatic carbocycles. The number of carbonyl (C=O) groups excluding carboxylic acids is 1. The van der Waals surface area contributed by atoms with Gasteiger partial charge in [0.1, 0.15) is 18.1 Å². The molecule has 4 rings (SSSR count). The van der Waals surface area contributed by atoms with Crippen molar-refractivity contribution >= 4 is 12.1 Å². The molecule has 8 heteroatoms. The number of halogens is 2. The van der Waals surface area contributed by atoms with E-state index in [-0.39, 0.29) is 5.56 Å². The summed E-state index contributed by atoms with van der Waals surface area (Å²) in [6.07, 6.45) is 0.458. The van der Waals surface area contributed by atoms with Crippen molar-refractivity contribution in [3.8, 4) is 11.5 Å². The van der Waals surface area contributed by atoms with Gasteiger partial charge in [-0.25, -0.2) is 0 Å². The maximum Gasteiger partial charge on any atom is 0.306 e. The van der Waals surface area contributed by atoms with E-state index in [4.69, 9.17) is 9.47 Å². The van der Waals surface area contributed by atoms with Gasteiger partial charge in [0.25, 0.3) is 0 Å². The highest BCUT2D eigenvalue weighted by atomic mass is 19.3. The van der Waals surface area contributed by atoms with Crippen molar-refractivity contribution in [1.82, 2.24) is 5.32 Å². The minimum absolute atomic E-state index is 0.0801. The lowest BCUT2D eigenvalue weighted by Crippen LogP contribution is -2.24. The second-order valence-electron chi connectivity index (χ2n) is 9.27. The van der Waals surface area contributed by atoms with Crippen molar-refractivity contribution in [2.75, 3.05) is 25.0 Å². The van der Waals surface area contributed by atoms with Crippen molar-refractivity contribution < 1.29 is 28.2 Å². The average Bonchev–Trinajstić information content (AvgIpc) is 2.99. The lowest BCUT2D eigenvalue weighted by Gasteiger charge is -2.17. The lowest BCUT2D eigenvalue weighted by molar-refractivity contribution is -0.105. The molecule has 0 unspecified atom stereocenters. The van der Waals surface area contributed by atoms with Gasteiger partial charge in [0.15, 0.2) is 6.61 Å². The zero-order chi connectivity index (χ0) is 28.2. The van der Waals surface area contributed by atoms with Gasteiger partial charge in [-0.2, -0.15) is 8.78 Å². The van der Waals surface area contributed by atoms with Crippen molar-refractivity contribution in [3.05, 3.63) is 125 Å². The van der Waals surface area contributed by atoms with Gasteiger partial charge in [-0.15, -0.1) is 0 Å². The minimum atomic E-state index is -3.08. The molecular formula is C32H32F2N2O4. The molecule has 3 N–H and O–H groups in total. The summed E-state index contributed by atoms with van der Waals surface area (Å²) in [5, 5.41) is 16.5. The lowest BCUT2D eigenvalue weighted by atomic mass is 10.1. The molecule has 0 aromatic heterocycles. The molecule has 0 spiro atoms. The van der Waals surface area contributed by atoms with E-state index in [0.29, 0.717) is 55.3 Å². The van der Waals surface area contributed by atoms with Crippen molar-refractivity contribution in [2.24, 2.45) is 0 Å². The van der Waals surface area contributed by atoms with E-state index in [1.54, 1.807) is 48.5 Å². The third-order valence-electron chi connectivity index (χ3n) is 6.31. The monoisotopic (exact) mass is 546 g/mol. The minimum Gasteiger partial charge on any atom is -0.487 e. The smallest absolute Gasteiger partial charge is 0.306 e. The molecule has 0 aliphatic heterocycles. The molecule has 1 amide bonds. The third-order valence-corrected chi connectivity index (χ3v) is 6.31. The molecule has 0 aliphatic rings. The molecule has 0 aliphatic carbocycles. The molecule has 6 nitrogen and oxygen atoms in total. The summed E-state index contributed by atoms with van der Waals surface area (Å²) in [6.45, 7) is 0.521. The molecular weight excluding hydrogens is 514 g/mol. The topological polar surface area (TPSA) is 79.8 Å². The molecule has 0 radical (unpaired) electrons. The van der Waals surface area contributed by atoms with Crippen molar-refractivity contribution in [1.29, 1.82) is 0 Å². The Kier molecular flexibility index (Phi) is 10.2. The predicted octanol–water partition coefficient (Wildman–Crippen LogP) is 5.87. The van der Waals surface area contributed by atoms with Crippen LogP contribution in [0.3, 0.4) is 0 Å². The number of alkyl halides is 2. The van der Waals surface area contributed by atoms with Gasteiger partial charge in [-0.3, -0.25) is 4.79 Å². The Labute approximate surface area is 232 Å². The van der Waals surface area contributed by atoms with Crippen LogP contribution in [0.2, 0.25) is 0 Å². The number of rotatable bonds is 15. The molecule has 1 atom stereocenters. The number of hydrogen-bond donors (Lipinski definition) is 3. The summed E-state index contributed by atoms with van der Waals surface area (Å²) < 4.78 is 39.8. The summed E-state index contributed by atoms with van der Waals surface area (Å²) in [6, 6.07) is 29.5. The van der Waals surface area contributed by atoms with Crippen LogP contribution in [-0.2, 0) is 23.7 Å². The quantitative estimate of drug-likeness (QED) is 0.128. The van der Waals surface area contributed by atoms with Crippen molar-refractivity contribution in [3.63, 3.8) is 0 Å². The highest BCUT2D eigenvalue weighted by Gasteiger charge is 2.32. The number of aliphatic hydroxyl groups is 1. The number of benzene rings is 4. The number of hydrogen-bond acceptors (Lipinski definition) is 5. The number of aliphatic hydroxyl groups excluding tert-OH is 1. The molecule has 208 valence electrons. The molecule has 40 heavy (non-hydrogen) atoms. The van der Waals surface area contributed by atoms with E-state index in [9.17, 15) is 18.7 Å². The Hall–Kier alpha value is -4.27. The Morgan fingerprint density at radius 1 is 0.850 bits per heavy atom. The third kappa shape index (κ3) is 8.36. The average molecular weight is 547 g/mol. The summed E-state index contributed by atoms with van der Waals surface area (Å²) in [7, 11) is 0. The Bertz CT molecular complexity index is 1340. The van der Waals surface area contributed by atoms with Gasteiger partial charge in [-0.05, 0) is 53.9 Å². The maximum absolute atomic E-state index is 14.3. The standard InChI is InChI=1S/C32H32F2N2O4/c33-32(34,27-9-5-2-6-10-27)22-40-28-14-11-24(12-15-28)17-18-35-20-30(38)26-13-16-31(29(19-26)36-23-37)39-21-25-7-3-1-4-8-25/h1-16,19,23,30,35,38H,17-18,20-22H2,(H,36,37)/t30-/m1/s1. The molecule has 0 saturated heterocycles. The highest BCUT2D eigenvalue weighted by Crippen LogP contribution is 2.30. The van der Waals surface area contributed by atoms with E-state index in [1.165, 1.54) is 12.1 Å². The normalized spacial score (nSPS) is 12.0. The predicted molar refractivity (Wildman–Crippen MR) is 151 cm³/mol. The summed E-state index contributed by atoms with van der Waals surface area (Å²) in [5.41, 5.74) is 3.04. The first-order valence-electron chi connectivity index (χ1n) is 13.0. The zero-order valence-electron chi connectivity index (χ0n) is 21.9. The Morgan fingerprint density at radius 2 is 1.55 bits per heavy atom. The van der Waals surface area contributed by atoms with Gasteiger partial charge in [0, 0.05) is 12.1 Å². The number of nitrogens with one attached hydrogen (secondary N) is 2. The van der Waals surface area contributed by atoms with Crippen LogP contribution in [0.25, 0.3) is 0 Å². The first-order chi connectivity index (χ1) is 19.4. The Morgan fingerprint density at radius 3 is 2.25 bits per heavy atom. The summed E-state index contributed by atoms with van der Waals surface area (Å²) in [4.78, 5) is 11.1. The van der Waals surface area contributed by atoms with Crippen molar-refractivity contribution in [2.45, 2.75) is 25.1 Å². The van der Waals surface area contributed by atoms with Crippen LogP contribution >= 0.6 is 0 Å². The first-order valence-corrected chi connectivity index (χ1v) is 13.0. The van der Waals surface area contributed by atoms with Crippen LogP contribution in [0, 0.1) is 0 Å². The number of anilines is 1. The van der Waals surface area contributed by atoms with E-state index in [2.05, 4.69) is 10.6 Å². The number of carbonyl (C=O) groups is 1. The van der Waals surface area contributed by atoms with Crippen LogP contribution in [0.1, 0.15) is 28.4 Å². The van der Waals surface area contributed by atoms with Gasteiger partial charge in [0.05, 0.1) is 11.8 Å². The van der Waals surface area contributed by atoms with Crippen LogP contribution in [-0.4, -0.2) is 31.2 Å². The summed E-state index contributed by atoms with van der Waals surface area (Å²) in [5.74, 6) is -2.20. The molecule has 4 aromatic rings. The van der Waals surface area contributed by atoms with E-state index >= 15 is 0 Å². The van der Waals surface area contributed by atoms with Gasteiger partial charge in [0.2, 0.25) is 6.41 Å². The zero-order valence-corrected chi connectivity index (χ0v) is 21.9. The fourth-order valence-corrected chi connectivity index (χ4v) is 4.07. The van der Waals surface area contributed by atoms with Crippen LogP contribution in [0.5, 0.6) is 11.5 Å². The number of ether oxygens (including phenoxy) is 2. The van der Waals surface area contributed by atoms with Crippen LogP contribution < -0.4 is 20.1 Å². The van der Waals surface area contributed by atoms with Crippen LogP contribution in [0.15, 0.2) is 103 Å².